The number of nitrogens with zero attached hydrogens (tertiary/aromatic N) is 1. The van der Waals surface area contributed by atoms with Gasteiger partial charge < -0.3 is 0 Å². The average molecular weight is 413 g/mol. The van der Waals surface area contributed by atoms with Crippen molar-refractivity contribution in [2.45, 2.75) is 30.7 Å². The highest BCUT2D eigenvalue weighted by molar-refractivity contribution is 7.89. The van der Waals surface area contributed by atoms with E-state index < -0.39 is 10.0 Å². The minimum Gasteiger partial charge on any atom is -0.299 e. The lowest BCUT2D eigenvalue weighted by Gasteiger charge is -2.28. The molecule has 0 saturated carbocycles. The third-order valence-electron chi connectivity index (χ3n) is 4.59. The van der Waals surface area contributed by atoms with E-state index in [9.17, 15) is 8.42 Å². The Hall–Kier alpha value is -1.11. The van der Waals surface area contributed by atoms with Gasteiger partial charge in [-0.1, -0.05) is 53.5 Å². The molecule has 0 amide bonds. The second-order valence-electron chi connectivity index (χ2n) is 6.45. The molecule has 0 atom stereocenters. The fraction of sp³-hybridized carbons (Fsp3) is 0.368. The maximum absolute atomic E-state index is 12.4. The molecule has 1 N–H and O–H groups in total. The molecule has 1 aliphatic heterocycles. The summed E-state index contributed by atoms with van der Waals surface area (Å²) in [5.41, 5.74) is 2.83. The van der Waals surface area contributed by atoms with Crippen LogP contribution in [-0.4, -0.2) is 33.0 Å². The van der Waals surface area contributed by atoms with E-state index in [0.29, 0.717) is 6.54 Å². The Morgan fingerprint density at radius 1 is 0.962 bits per heavy atom. The van der Waals surface area contributed by atoms with E-state index >= 15 is 0 Å². The Morgan fingerprint density at radius 2 is 1.65 bits per heavy atom. The molecule has 0 aromatic heterocycles. The number of benzene rings is 2. The van der Waals surface area contributed by atoms with Crippen LogP contribution in [0.5, 0.6) is 0 Å². The van der Waals surface area contributed by atoms with Crippen molar-refractivity contribution < 1.29 is 8.42 Å². The number of nitrogens with one attached hydrogen (secondary N) is 1. The van der Waals surface area contributed by atoms with Crippen molar-refractivity contribution in [3.8, 4) is 0 Å². The minimum atomic E-state index is -3.69. The molecule has 1 aliphatic rings. The summed E-state index contributed by atoms with van der Waals surface area (Å²) in [6.07, 6.45) is 2.77. The summed E-state index contributed by atoms with van der Waals surface area (Å²) in [5.74, 6) is 0. The zero-order valence-corrected chi connectivity index (χ0v) is 16.7. The monoisotopic (exact) mass is 412 g/mol. The fourth-order valence-corrected chi connectivity index (χ4v) is 5.44. The Morgan fingerprint density at radius 3 is 2.38 bits per heavy atom. The quantitative estimate of drug-likeness (QED) is 0.695. The second kappa shape index (κ2) is 8.72. The average Bonchev–Trinajstić information content (AvgIpc) is 2.61. The summed E-state index contributed by atoms with van der Waals surface area (Å²) >= 11 is 12.0. The van der Waals surface area contributed by atoms with Crippen LogP contribution in [0.15, 0.2) is 47.4 Å². The van der Waals surface area contributed by atoms with Gasteiger partial charge in [0.1, 0.15) is 4.90 Å². The predicted octanol–water partition coefficient (Wildman–Crippen LogP) is 4.11. The van der Waals surface area contributed by atoms with Crippen molar-refractivity contribution in [3.63, 3.8) is 0 Å². The van der Waals surface area contributed by atoms with Crippen LogP contribution in [0.25, 0.3) is 0 Å². The van der Waals surface area contributed by atoms with Gasteiger partial charge in [-0.25, -0.2) is 13.1 Å². The van der Waals surface area contributed by atoms with Gasteiger partial charge in [-0.05, 0) is 49.1 Å². The number of unbranched alkanes of at least 4 members (excludes halogenated alkanes) is 1. The van der Waals surface area contributed by atoms with Crippen molar-refractivity contribution >= 4 is 33.2 Å². The number of rotatable bonds is 7. The Bertz CT molecular complexity index is 851. The molecule has 4 nitrogen and oxygen atoms in total. The Kier molecular flexibility index (Phi) is 6.59. The number of hydrogen-bond donors (Lipinski definition) is 1. The molecule has 0 spiro atoms. The van der Waals surface area contributed by atoms with Crippen molar-refractivity contribution in [1.29, 1.82) is 0 Å². The van der Waals surface area contributed by atoms with Crippen LogP contribution in [0.4, 0.5) is 0 Å². The Labute approximate surface area is 165 Å². The van der Waals surface area contributed by atoms with Gasteiger partial charge in [-0.3, -0.25) is 4.90 Å². The highest BCUT2D eigenvalue weighted by atomic mass is 35.5. The molecular weight excluding hydrogens is 391 g/mol. The highest BCUT2D eigenvalue weighted by Gasteiger charge is 2.21. The van der Waals surface area contributed by atoms with Gasteiger partial charge in [0.15, 0.2) is 0 Å². The standard InChI is InChI=1S/C19H22Cl2N2O2S/c20-17-8-5-9-18(21)19(17)26(24,25)22-11-3-4-12-23-13-10-15-6-1-2-7-16(15)14-23/h1-2,5-9,22H,3-4,10-14H2. The van der Waals surface area contributed by atoms with Gasteiger partial charge >= 0.3 is 0 Å². The third kappa shape index (κ3) is 4.78. The predicted molar refractivity (Wildman–Crippen MR) is 106 cm³/mol. The minimum absolute atomic E-state index is 0.0454. The van der Waals surface area contributed by atoms with Gasteiger partial charge in [0.25, 0.3) is 0 Å². The maximum Gasteiger partial charge on any atom is 0.243 e. The summed E-state index contributed by atoms with van der Waals surface area (Å²) in [5, 5.41) is 0.272. The smallest absolute Gasteiger partial charge is 0.243 e. The summed E-state index contributed by atoms with van der Waals surface area (Å²) in [7, 11) is -3.69. The van der Waals surface area contributed by atoms with Crippen molar-refractivity contribution in [3.05, 3.63) is 63.6 Å². The van der Waals surface area contributed by atoms with Crippen LogP contribution >= 0.6 is 23.2 Å². The van der Waals surface area contributed by atoms with Crippen LogP contribution in [0.1, 0.15) is 24.0 Å². The molecular formula is C19H22Cl2N2O2S. The maximum atomic E-state index is 12.4. The lowest BCUT2D eigenvalue weighted by atomic mass is 10.00. The van der Waals surface area contributed by atoms with E-state index in [0.717, 1.165) is 38.9 Å². The number of hydrogen-bond acceptors (Lipinski definition) is 3. The SMILES string of the molecule is O=S(=O)(NCCCCN1CCc2ccccc2C1)c1c(Cl)cccc1Cl. The first kappa shape index (κ1) is 19.6. The molecule has 1 heterocycles. The molecule has 0 saturated heterocycles. The van der Waals surface area contributed by atoms with E-state index in [1.807, 2.05) is 0 Å². The Balaban J connectivity index is 1.45. The van der Waals surface area contributed by atoms with Crippen LogP contribution < -0.4 is 4.72 Å². The lowest BCUT2D eigenvalue weighted by Crippen LogP contribution is -2.32. The topological polar surface area (TPSA) is 49.4 Å². The molecule has 140 valence electrons. The molecule has 26 heavy (non-hydrogen) atoms. The van der Waals surface area contributed by atoms with Gasteiger partial charge in [-0.15, -0.1) is 0 Å². The number of halogens is 2. The largest absolute Gasteiger partial charge is 0.299 e. The number of fused-ring (bicyclic) bond motifs is 1. The lowest BCUT2D eigenvalue weighted by molar-refractivity contribution is 0.249. The molecule has 7 heteroatoms. The van der Waals surface area contributed by atoms with Crippen LogP contribution in [0.2, 0.25) is 10.0 Å². The van der Waals surface area contributed by atoms with Gasteiger partial charge in [0, 0.05) is 19.6 Å². The molecule has 0 radical (unpaired) electrons. The van der Waals surface area contributed by atoms with E-state index in [1.54, 1.807) is 6.07 Å². The zero-order valence-electron chi connectivity index (χ0n) is 14.4. The van der Waals surface area contributed by atoms with Gasteiger partial charge in [-0.2, -0.15) is 0 Å². The fourth-order valence-electron chi connectivity index (χ4n) is 3.22. The first-order valence-corrected chi connectivity index (χ1v) is 10.9. The third-order valence-corrected chi connectivity index (χ3v) is 7.01. The molecule has 0 unspecified atom stereocenters. The van der Waals surface area contributed by atoms with Gasteiger partial charge in [0.05, 0.1) is 10.0 Å². The zero-order chi connectivity index (χ0) is 18.6. The summed E-state index contributed by atoms with van der Waals surface area (Å²) < 4.78 is 27.4. The normalized spacial score (nSPS) is 15.0. The molecule has 2 aromatic rings. The van der Waals surface area contributed by atoms with E-state index in [-0.39, 0.29) is 14.9 Å². The first-order chi connectivity index (χ1) is 12.5. The number of sulfonamides is 1. The van der Waals surface area contributed by atoms with Crippen LogP contribution in [0.3, 0.4) is 0 Å². The van der Waals surface area contributed by atoms with E-state index in [1.165, 1.54) is 23.3 Å². The summed E-state index contributed by atoms with van der Waals surface area (Å²) in [4.78, 5) is 2.37. The molecule has 0 fully saturated rings. The summed E-state index contributed by atoms with van der Waals surface area (Å²) in [6, 6.07) is 13.2. The second-order valence-corrected chi connectivity index (χ2v) is 8.97. The van der Waals surface area contributed by atoms with Crippen molar-refractivity contribution in [2.24, 2.45) is 0 Å². The van der Waals surface area contributed by atoms with Gasteiger partial charge in [0.2, 0.25) is 10.0 Å². The summed E-state index contributed by atoms with van der Waals surface area (Å²) in [6.45, 7) is 3.35. The molecule has 0 aliphatic carbocycles. The molecule has 3 rings (SSSR count). The van der Waals surface area contributed by atoms with Crippen LogP contribution in [0, 0.1) is 0 Å². The first-order valence-electron chi connectivity index (χ1n) is 8.70. The highest BCUT2D eigenvalue weighted by Crippen LogP contribution is 2.28. The molecule has 2 aromatic carbocycles. The van der Waals surface area contributed by atoms with E-state index in [2.05, 4.69) is 33.9 Å². The molecule has 0 bridgehead atoms. The van der Waals surface area contributed by atoms with Crippen LogP contribution in [-0.2, 0) is 23.0 Å². The van der Waals surface area contributed by atoms with E-state index in [4.69, 9.17) is 23.2 Å². The van der Waals surface area contributed by atoms with Crippen molar-refractivity contribution in [2.75, 3.05) is 19.6 Å². The van der Waals surface area contributed by atoms with Crippen molar-refractivity contribution in [1.82, 2.24) is 9.62 Å².